The molecule has 0 atom stereocenters. The van der Waals surface area contributed by atoms with Gasteiger partial charge in [0, 0.05) is 18.1 Å². The first-order chi connectivity index (χ1) is 18.8. The van der Waals surface area contributed by atoms with Crippen molar-refractivity contribution in [2.45, 2.75) is 26.8 Å². The van der Waals surface area contributed by atoms with Gasteiger partial charge in [0.2, 0.25) is 0 Å². The lowest BCUT2D eigenvalue weighted by atomic mass is 9.94. The van der Waals surface area contributed by atoms with Gasteiger partial charge in [0.05, 0.1) is 15.6 Å². The zero-order valence-corrected chi connectivity index (χ0v) is 24.3. The summed E-state index contributed by atoms with van der Waals surface area (Å²) >= 11 is 18.2. The van der Waals surface area contributed by atoms with Crippen molar-refractivity contribution in [3.8, 4) is 11.5 Å². The number of hydrogen-bond donors (Lipinski definition) is 3. The second-order valence-electron chi connectivity index (χ2n) is 8.84. The number of nitrogens with one attached hydrogen (secondary N) is 2. The Kier molecular flexibility index (Phi) is 12.4. The Morgan fingerprint density at radius 3 is 2.28 bits per heavy atom. The number of halogens is 3. The van der Waals surface area contributed by atoms with Crippen molar-refractivity contribution in [3.63, 3.8) is 0 Å². The van der Waals surface area contributed by atoms with Gasteiger partial charge >= 0.3 is 5.97 Å². The van der Waals surface area contributed by atoms with Gasteiger partial charge in [-0.1, -0.05) is 72.1 Å². The Hall–Kier alpha value is -2.74. The van der Waals surface area contributed by atoms with Crippen molar-refractivity contribution in [2.75, 3.05) is 32.8 Å². The van der Waals surface area contributed by atoms with E-state index in [0.29, 0.717) is 53.3 Å². The van der Waals surface area contributed by atoms with Crippen molar-refractivity contribution in [3.05, 3.63) is 98.0 Å². The van der Waals surface area contributed by atoms with E-state index in [-0.39, 0.29) is 0 Å². The number of aliphatic carboxylic acids is 1. The highest BCUT2D eigenvalue weighted by Crippen LogP contribution is 2.34. The molecule has 0 fully saturated rings. The Bertz CT molecular complexity index is 1260. The smallest absolute Gasteiger partial charge is 0.333 e. The third-order valence-corrected chi connectivity index (χ3v) is 6.87. The molecule has 39 heavy (non-hydrogen) atoms. The minimum Gasteiger partial charge on any atom is -0.490 e. The molecule has 0 aliphatic carbocycles. The zero-order chi connectivity index (χ0) is 28.2. The molecule has 0 saturated heterocycles. The largest absolute Gasteiger partial charge is 0.490 e. The van der Waals surface area contributed by atoms with Crippen LogP contribution in [0.2, 0.25) is 15.1 Å². The van der Waals surface area contributed by atoms with E-state index < -0.39 is 5.97 Å². The van der Waals surface area contributed by atoms with Crippen molar-refractivity contribution < 1.29 is 19.4 Å². The molecule has 1 heterocycles. The van der Waals surface area contributed by atoms with Crippen LogP contribution in [-0.4, -0.2) is 43.9 Å². The average Bonchev–Trinajstić information content (AvgIpc) is 2.92. The minimum atomic E-state index is -0.881. The van der Waals surface area contributed by atoms with Crippen LogP contribution >= 0.6 is 34.8 Å². The molecular weight excluding hydrogens is 559 g/mol. The summed E-state index contributed by atoms with van der Waals surface area (Å²) in [5, 5.41) is 17.5. The van der Waals surface area contributed by atoms with Gasteiger partial charge < -0.3 is 25.2 Å². The highest BCUT2D eigenvalue weighted by atomic mass is 35.5. The van der Waals surface area contributed by atoms with Crippen molar-refractivity contribution in [1.82, 2.24) is 10.6 Å². The van der Waals surface area contributed by atoms with Crippen LogP contribution in [0.4, 0.5) is 0 Å². The lowest BCUT2D eigenvalue weighted by Gasteiger charge is -2.19. The molecule has 6 nitrogen and oxygen atoms in total. The van der Waals surface area contributed by atoms with Crippen LogP contribution in [0.1, 0.15) is 30.0 Å². The first kappa shape index (κ1) is 30.8. The number of benzene rings is 3. The van der Waals surface area contributed by atoms with E-state index in [1.54, 1.807) is 12.1 Å². The van der Waals surface area contributed by atoms with Gasteiger partial charge in [-0.3, -0.25) is 0 Å². The van der Waals surface area contributed by atoms with Crippen LogP contribution in [0.3, 0.4) is 0 Å². The molecule has 3 N–H and O–H groups in total. The van der Waals surface area contributed by atoms with E-state index in [4.69, 9.17) is 44.3 Å². The Morgan fingerprint density at radius 1 is 0.974 bits per heavy atom. The van der Waals surface area contributed by atoms with Crippen LogP contribution in [-0.2, 0) is 11.3 Å². The van der Waals surface area contributed by atoms with Crippen molar-refractivity contribution in [2.24, 2.45) is 0 Å². The summed E-state index contributed by atoms with van der Waals surface area (Å²) in [6.07, 6.45) is 0.688. The van der Waals surface area contributed by atoms with E-state index in [1.807, 2.05) is 55.5 Å². The topological polar surface area (TPSA) is 79.8 Å². The lowest BCUT2D eigenvalue weighted by molar-refractivity contribution is -0.132. The molecule has 3 aromatic carbocycles. The summed E-state index contributed by atoms with van der Waals surface area (Å²) in [5.41, 5.74) is 4.32. The van der Waals surface area contributed by atoms with Crippen LogP contribution in [0.5, 0.6) is 11.5 Å². The molecule has 0 unspecified atom stereocenters. The second kappa shape index (κ2) is 15.8. The van der Waals surface area contributed by atoms with Gasteiger partial charge in [0.15, 0.2) is 5.75 Å². The van der Waals surface area contributed by atoms with Crippen LogP contribution < -0.4 is 20.1 Å². The number of aryl methyl sites for hydroxylation is 1. The number of rotatable bonds is 10. The SMILES string of the molecule is CCNCc1ccccc1Cl.Cc1cc(Cl)c(OCCOc2ccc(C3=C(C(=O)O)CNCC3)cc2)c(Cl)c1. The number of carboxylic acid groups (broad SMARTS) is 1. The predicted molar refractivity (Wildman–Crippen MR) is 160 cm³/mol. The summed E-state index contributed by atoms with van der Waals surface area (Å²) in [6, 6.07) is 18.9. The summed E-state index contributed by atoms with van der Waals surface area (Å²) < 4.78 is 11.3. The van der Waals surface area contributed by atoms with Gasteiger partial charge in [-0.15, -0.1) is 0 Å². The molecule has 0 bridgehead atoms. The fourth-order valence-corrected chi connectivity index (χ4v) is 4.90. The fraction of sp³-hybridized carbons (Fsp3) is 0.300. The number of carbonyl (C=O) groups is 1. The van der Waals surface area contributed by atoms with Crippen LogP contribution in [0.25, 0.3) is 5.57 Å². The van der Waals surface area contributed by atoms with Gasteiger partial charge in [0.1, 0.15) is 19.0 Å². The Morgan fingerprint density at radius 2 is 1.64 bits per heavy atom. The number of ether oxygens (including phenoxy) is 2. The Balaban J connectivity index is 0.000000320. The summed E-state index contributed by atoms with van der Waals surface area (Å²) in [6.45, 7) is 7.60. The highest BCUT2D eigenvalue weighted by molar-refractivity contribution is 6.37. The monoisotopic (exact) mass is 590 g/mol. The van der Waals surface area contributed by atoms with Crippen LogP contribution in [0, 0.1) is 6.92 Å². The molecule has 3 aromatic rings. The van der Waals surface area contributed by atoms with E-state index in [1.165, 1.54) is 0 Å². The quantitative estimate of drug-likeness (QED) is 0.220. The normalized spacial score (nSPS) is 12.9. The third-order valence-electron chi connectivity index (χ3n) is 5.94. The second-order valence-corrected chi connectivity index (χ2v) is 10.1. The molecule has 1 aliphatic heterocycles. The van der Waals surface area contributed by atoms with Crippen molar-refractivity contribution >= 4 is 46.3 Å². The molecule has 1 aliphatic rings. The first-order valence-electron chi connectivity index (χ1n) is 12.7. The molecule has 4 rings (SSSR count). The van der Waals surface area contributed by atoms with E-state index >= 15 is 0 Å². The standard InChI is InChI=1S/C21H21Cl2NO4.C9H12ClN/c1-13-10-18(22)20(19(23)11-13)28-9-8-27-15-4-2-14(3-5-15)16-6-7-24-12-17(16)21(25)26;1-2-11-7-8-5-3-4-6-9(8)10/h2-5,10-11,24H,6-9,12H2,1H3,(H,25,26);3-6,11H,2,7H2,1H3. The molecule has 0 radical (unpaired) electrons. The maximum Gasteiger partial charge on any atom is 0.333 e. The molecule has 0 amide bonds. The van der Waals surface area contributed by atoms with Crippen LogP contribution in [0.15, 0.2) is 66.2 Å². The highest BCUT2D eigenvalue weighted by Gasteiger charge is 2.19. The van der Waals surface area contributed by atoms with Gasteiger partial charge in [-0.2, -0.15) is 0 Å². The first-order valence-corrected chi connectivity index (χ1v) is 13.8. The fourth-order valence-electron chi connectivity index (χ4n) is 3.99. The maximum absolute atomic E-state index is 11.4. The number of hydrogen-bond acceptors (Lipinski definition) is 5. The van der Waals surface area contributed by atoms with Gasteiger partial charge in [-0.25, -0.2) is 4.79 Å². The zero-order valence-electron chi connectivity index (χ0n) is 22.0. The van der Waals surface area contributed by atoms with Gasteiger partial charge in [-0.05, 0) is 79.0 Å². The molecule has 0 aromatic heterocycles. The summed E-state index contributed by atoms with van der Waals surface area (Å²) in [7, 11) is 0. The van der Waals surface area contributed by atoms with Crippen molar-refractivity contribution in [1.29, 1.82) is 0 Å². The van der Waals surface area contributed by atoms with E-state index in [9.17, 15) is 9.90 Å². The minimum absolute atomic E-state index is 0.296. The molecule has 9 heteroatoms. The summed E-state index contributed by atoms with van der Waals surface area (Å²) in [5.74, 6) is 0.250. The maximum atomic E-state index is 11.4. The average molecular weight is 592 g/mol. The molecular formula is C30H33Cl3N2O4. The molecule has 208 valence electrons. The van der Waals surface area contributed by atoms with E-state index in [0.717, 1.165) is 46.9 Å². The summed E-state index contributed by atoms with van der Waals surface area (Å²) in [4.78, 5) is 11.4. The molecule has 0 saturated carbocycles. The third kappa shape index (κ3) is 9.45. The number of carboxylic acids is 1. The predicted octanol–water partition coefficient (Wildman–Crippen LogP) is 7.04. The Labute approximate surface area is 244 Å². The van der Waals surface area contributed by atoms with Gasteiger partial charge in [0.25, 0.3) is 0 Å². The molecule has 0 spiro atoms. The lowest BCUT2D eigenvalue weighted by Crippen LogP contribution is -2.28. The van der Waals surface area contributed by atoms with E-state index in [2.05, 4.69) is 17.6 Å².